The summed E-state index contributed by atoms with van der Waals surface area (Å²) in [5, 5.41) is 0. The highest BCUT2D eigenvalue weighted by atomic mass is 16.5. The molecule has 1 amide bonds. The molecule has 0 spiro atoms. The molecule has 154 valence electrons. The highest BCUT2D eigenvalue weighted by Crippen LogP contribution is 2.28. The van der Waals surface area contributed by atoms with Crippen molar-refractivity contribution in [1.29, 1.82) is 0 Å². The first kappa shape index (κ1) is 19.7. The first-order chi connectivity index (χ1) is 14.1. The fraction of sp³-hybridized carbons (Fsp3) is 0.522. The molecule has 0 radical (unpaired) electrons. The number of carbonyl (C=O) groups is 1. The zero-order valence-electron chi connectivity index (χ0n) is 17.4. The minimum atomic E-state index is 0.0634. The lowest BCUT2D eigenvalue weighted by Gasteiger charge is -2.38. The number of hydrogen-bond acceptors (Lipinski definition) is 5. The average Bonchev–Trinajstić information content (AvgIpc) is 2.79. The van der Waals surface area contributed by atoms with Gasteiger partial charge in [0.2, 0.25) is 5.91 Å². The second-order valence-electron chi connectivity index (χ2n) is 8.31. The zero-order chi connectivity index (χ0) is 20.2. The van der Waals surface area contributed by atoms with Crippen LogP contribution in [0.2, 0.25) is 0 Å². The molecule has 2 aliphatic rings. The van der Waals surface area contributed by atoms with E-state index in [1.54, 1.807) is 13.4 Å². The molecule has 2 saturated heterocycles. The summed E-state index contributed by atoms with van der Waals surface area (Å²) in [5.41, 5.74) is 1.91. The number of anilines is 1. The summed E-state index contributed by atoms with van der Waals surface area (Å²) in [4.78, 5) is 26.4. The Labute approximate surface area is 172 Å². The molecule has 6 nitrogen and oxygen atoms in total. The molecule has 1 aromatic heterocycles. The summed E-state index contributed by atoms with van der Waals surface area (Å²) in [7, 11) is 1.66. The molecule has 0 bridgehead atoms. The summed E-state index contributed by atoms with van der Waals surface area (Å²) in [6, 6.07) is 9.91. The lowest BCUT2D eigenvalue weighted by Crippen LogP contribution is -2.47. The van der Waals surface area contributed by atoms with Gasteiger partial charge in [-0.15, -0.1) is 0 Å². The number of ether oxygens (including phenoxy) is 1. The Morgan fingerprint density at radius 2 is 1.86 bits per heavy atom. The second kappa shape index (κ2) is 8.80. The van der Waals surface area contributed by atoms with Crippen LogP contribution in [0.1, 0.15) is 32.6 Å². The normalized spacial score (nSPS) is 22.4. The van der Waals surface area contributed by atoms with Crippen molar-refractivity contribution in [3.8, 4) is 17.0 Å². The number of aromatic nitrogens is 2. The zero-order valence-corrected chi connectivity index (χ0v) is 17.4. The Balaban J connectivity index is 1.47. The Hall–Kier alpha value is -2.63. The topological polar surface area (TPSA) is 58.6 Å². The van der Waals surface area contributed by atoms with Gasteiger partial charge in [-0.25, -0.2) is 9.97 Å². The Morgan fingerprint density at radius 1 is 1.07 bits per heavy atom. The number of benzene rings is 1. The van der Waals surface area contributed by atoms with E-state index in [0.29, 0.717) is 11.8 Å². The predicted molar refractivity (Wildman–Crippen MR) is 114 cm³/mol. The maximum Gasteiger partial charge on any atom is 0.227 e. The van der Waals surface area contributed by atoms with E-state index in [0.717, 1.165) is 68.3 Å². The molecular formula is C23H30N4O2. The molecule has 0 N–H and O–H groups in total. The minimum absolute atomic E-state index is 0.0634. The molecule has 2 aromatic rings. The molecular weight excluding hydrogens is 364 g/mol. The molecule has 29 heavy (non-hydrogen) atoms. The molecule has 0 saturated carbocycles. The van der Waals surface area contributed by atoms with Gasteiger partial charge in [0.25, 0.3) is 0 Å². The monoisotopic (exact) mass is 394 g/mol. The van der Waals surface area contributed by atoms with Crippen LogP contribution in [0.25, 0.3) is 11.3 Å². The van der Waals surface area contributed by atoms with E-state index in [2.05, 4.69) is 26.7 Å². The number of methoxy groups -OCH3 is 1. The van der Waals surface area contributed by atoms with Gasteiger partial charge in [-0.2, -0.15) is 0 Å². The van der Waals surface area contributed by atoms with Crippen LogP contribution >= 0.6 is 0 Å². The van der Waals surface area contributed by atoms with Crippen LogP contribution in [-0.2, 0) is 4.79 Å². The fourth-order valence-corrected chi connectivity index (χ4v) is 4.47. The van der Waals surface area contributed by atoms with E-state index < -0.39 is 0 Å². The lowest BCUT2D eigenvalue weighted by atomic mass is 9.93. The predicted octanol–water partition coefficient (Wildman–Crippen LogP) is 3.63. The molecule has 2 unspecified atom stereocenters. The summed E-state index contributed by atoms with van der Waals surface area (Å²) >= 11 is 0. The third-order valence-corrected chi connectivity index (χ3v) is 6.10. The van der Waals surface area contributed by atoms with E-state index >= 15 is 0 Å². The number of piperidine rings is 2. The average molecular weight is 395 g/mol. The van der Waals surface area contributed by atoms with Crippen LogP contribution < -0.4 is 9.64 Å². The third kappa shape index (κ3) is 4.52. The largest absolute Gasteiger partial charge is 0.497 e. The maximum absolute atomic E-state index is 13.1. The molecule has 2 aliphatic heterocycles. The number of hydrogen-bond donors (Lipinski definition) is 0. The maximum atomic E-state index is 13.1. The van der Waals surface area contributed by atoms with Crippen molar-refractivity contribution >= 4 is 11.7 Å². The van der Waals surface area contributed by atoms with E-state index in [1.165, 1.54) is 6.42 Å². The van der Waals surface area contributed by atoms with Crippen LogP contribution in [0.5, 0.6) is 5.75 Å². The second-order valence-corrected chi connectivity index (χ2v) is 8.31. The van der Waals surface area contributed by atoms with Crippen LogP contribution in [-0.4, -0.2) is 54.1 Å². The van der Waals surface area contributed by atoms with Gasteiger partial charge in [0.1, 0.15) is 17.9 Å². The van der Waals surface area contributed by atoms with Gasteiger partial charge in [0, 0.05) is 37.8 Å². The number of carbonyl (C=O) groups excluding carboxylic acids is 1. The molecule has 0 aliphatic carbocycles. The van der Waals surface area contributed by atoms with Gasteiger partial charge in [-0.1, -0.05) is 6.92 Å². The Kier molecular flexibility index (Phi) is 5.97. The number of amides is 1. The van der Waals surface area contributed by atoms with Crippen LogP contribution in [0.15, 0.2) is 36.7 Å². The first-order valence-corrected chi connectivity index (χ1v) is 10.6. The molecule has 6 heteroatoms. The quantitative estimate of drug-likeness (QED) is 0.793. The lowest BCUT2D eigenvalue weighted by molar-refractivity contribution is -0.137. The number of nitrogens with zero attached hydrogens (tertiary/aromatic N) is 4. The minimum Gasteiger partial charge on any atom is -0.497 e. The van der Waals surface area contributed by atoms with Crippen molar-refractivity contribution in [2.24, 2.45) is 11.8 Å². The van der Waals surface area contributed by atoms with Crippen molar-refractivity contribution in [3.63, 3.8) is 0 Å². The van der Waals surface area contributed by atoms with E-state index in [1.807, 2.05) is 30.3 Å². The van der Waals surface area contributed by atoms with Gasteiger partial charge in [0.05, 0.1) is 18.7 Å². The number of likely N-dealkylation sites (tertiary alicyclic amines) is 1. The van der Waals surface area contributed by atoms with Crippen LogP contribution in [0.4, 0.5) is 5.82 Å². The molecule has 2 atom stereocenters. The molecule has 3 heterocycles. The van der Waals surface area contributed by atoms with Gasteiger partial charge in [0.15, 0.2) is 0 Å². The van der Waals surface area contributed by atoms with E-state index in [9.17, 15) is 4.79 Å². The van der Waals surface area contributed by atoms with Gasteiger partial charge >= 0.3 is 0 Å². The van der Waals surface area contributed by atoms with E-state index in [4.69, 9.17) is 4.74 Å². The highest BCUT2D eigenvalue weighted by Gasteiger charge is 2.31. The molecule has 1 aromatic carbocycles. The van der Waals surface area contributed by atoms with Crippen molar-refractivity contribution in [1.82, 2.24) is 14.9 Å². The van der Waals surface area contributed by atoms with Gasteiger partial charge < -0.3 is 14.5 Å². The van der Waals surface area contributed by atoms with Gasteiger partial charge in [-0.3, -0.25) is 4.79 Å². The van der Waals surface area contributed by atoms with Crippen LogP contribution in [0, 0.1) is 11.8 Å². The van der Waals surface area contributed by atoms with Crippen molar-refractivity contribution in [2.75, 3.05) is 38.2 Å². The molecule has 2 fully saturated rings. The summed E-state index contributed by atoms with van der Waals surface area (Å²) in [5.74, 6) is 2.73. The Morgan fingerprint density at radius 3 is 2.62 bits per heavy atom. The van der Waals surface area contributed by atoms with E-state index in [-0.39, 0.29) is 5.92 Å². The first-order valence-electron chi connectivity index (χ1n) is 10.6. The highest BCUT2D eigenvalue weighted by molar-refractivity contribution is 5.80. The third-order valence-electron chi connectivity index (χ3n) is 6.10. The smallest absolute Gasteiger partial charge is 0.227 e. The van der Waals surface area contributed by atoms with Crippen molar-refractivity contribution in [2.45, 2.75) is 32.6 Å². The van der Waals surface area contributed by atoms with Gasteiger partial charge in [-0.05, 0) is 55.9 Å². The van der Waals surface area contributed by atoms with Crippen molar-refractivity contribution < 1.29 is 9.53 Å². The Bertz CT molecular complexity index is 839. The van der Waals surface area contributed by atoms with Crippen LogP contribution in [0.3, 0.4) is 0 Å². The summed E-state index contributed by atoms with van der Waals surface area (Å²) < 4.78 is 5.24. The number of rotatable bonds is 4. The SMILES string of the molecule is COc1ccc(-c2cc(N3CCCC(C(=O)N4CCCC(C)C4)C3)ncn2)cc1. The molecule has 4 rings (SSSR count). The summed E-state index contributed by atoms with van der Waals surface area (Å²) in [6.45, 7) is 5.73. The fourth-order valence-electron chi connectivity index (χ4n) is 4.47. The van der Waals surface area contributed by atoms with Crippen molar-refractivity contribution in [3.05, 3.63) is 36.7 Å². The summed E-state index contributed by atoms with van der Waals surface area (Å²) in [6.07, 6.45) is 5.96. The standard InChI is InChI=1S/C23H30N4O2/c1-17-5-3-12-27(14-17)23(28)19-6-4-11-26(15-19)22-13-21(24-16-25-22)18-7-9-20(29-2)10-8-18/h7-10,13,16-17,19H,3-6,11-12,14-15H2,1-2H3.